The molecule has 0 unspecified atom stereocenters. The minimum Gasteiger partial charge on any atom is -0.441 e. The van der Waals surface area contributed by atoms with Gasteiger partial charge in [-0.05, 0) is 30.7 Å². The summed E-state index contributed by atoms with van der Waals surface area (Å²) in [6.07, 6.45) is 0. The van der Waals surface area contributed by atoms with Crippen molar-refractivity contribution < 1.29 is 14.0 Å². The molecule has 0 radical (unpaired) electrons. The van der Waals surface area contributed by atoms with Gasteiger partial charge in [0.15, 0.2) is 11.5 Å². The second-order valence-electron chi connectivity index (χ2n) is 5.99. The largest absolute Gasteiger partial charge is 0.441 e. The number of oxazole rings is 1. The number of hydrogen-bond donors (Lipinski definition) is 3. The van der Waals surface area contributed by atoms with Crippen LogP contribution in [0.1, 0.15) is 17.0 Å². The lowest BCUT2D eigenvalue weighted by atomic mass is 10.1. The molecule has 134 valence electrons. The normalized spacial score (nSPS) is 10.5. The Balaban J connectivity index is 1.45. The number of hydrogen-bond acceptors (Lipinski definition) is 4. The SMILES string of the molecule is Cc1ccc(CNC(=O)NCC(=O)Nc2ccc3oc(C)nc3c2)cc1. The van der Waals surface area contributed by atoms with Crippen molar-refractivity contribution in [2.45, 2.75) is 20.4 Å². The van der Waals surface area contributed by atoms with Crippen LogP contribution in [0, 0.1) is 13.8 Å². The molecule has 7 heteroatoms. The molecule has 0 aliphatic rings. The van der Waals surface area contributed by atoms with E-state index in [1.165, 1.54) is 0 Å². The molecule has 1 heterocycles. The molecule has 0 saturated carbocycles. The van der Waals surface area contributed by atoms with Crippen LogP contribution in [0.2, 0.25) is 0 Å². The van der Waals surface area contributed by atoms with E-state index in [9.17, 15) is 9.59 Å². The van der Waals surface area contributed by atoms with Gasteiger partial charge < -0.3 is 20.4 Å². The molecule has 0 spiro atoms. The molecule has 3 amide bonds. The van der Waals surface area contributed by atoms with E-state index in [-0.39, 0.29) is 12.5 Å². The predicted molar refractivity (Wildman–Crippen MR) is 98.8 cm³/mol. The summed E-state index contributed by atoms with van der Waals surface area (Å²) in [4.78, 5) is 28.0. The highest BCUT2D eigenvalue weighted by Gasteiger charge is 2.08. The molecule has 1 aromatic heterocycles. The van der Waals surface area contributed by atoms with Crippen LogP contribution < -0.4 is 16.0 Å². The minimum atomic E-state index is -0.400. The van der Waals surface area contributed by atoms with Crippen molar-refractivity contribution in [3.8, 4) is 0 Å². The number of aromatic nitrogens is 1. The Kier molecular flexibility index (Phi) is 5.17. The molecule has 7 nitrogen and oxygen atoms in total. The van der Waals surface area contributed by atoms with Crippen molar-refractivity contribution in [3.05, 3.63) is 59.5 Å². The van der Waals surface area contributed by atoms with E-state index in [2.05, 4.69) is 20.9 Å². The Morgan fingerprint density at radius 2 is 1.81 bits per heavy atom. The first-order valence-electron chi connectivity index (χ1n) is 8.24. The Labute approximate surface area is 150 Å². The Morgan fingerprint density at radius 1 is 1.04 bits per heavy atom. The summed E-state index contributed by atoms with van der Waals surface area (Å²) in [5, 5.41) is 7.96. The van der Waals surface area contributed by atoms with Gasteiger partial charge in [0.05, 0.1) is 6.54 Å². The maximum atomic E-state index is 12.0. The first-order chi connectivity index (χ1) is 12.5. The summed E-state index contributed by atoms with van der Waals surface area (Å²) in [5.41, 5.74) is 4.08. The Bertz CT molecular complexity index is 932. The van der Waals surface area contributed by atoms with Gasteiger partial charge in [0, 0.05) is 19.2 Å². The van der Waals surface area contributed by atoms with Crippen LogP contribution in [-0.2, 0) is 11.3 Å². The number of amides is 3. The van der Waals surface area contributed by atoms with Crippen LogP contribution in [0.5, 0.6) is 0 Å². The van der Waals surface area contributed by atoms with E-state index in [0.29, 0.717) is 29.2 Å². The summed E-state index contributed by atoms with van der Waals surface area (Å²) >= 11 is 0. The highest BCUT2D eigenvalue weighted by molar-refractivity contribution is 5.95. The fraction of sp³-hybridized carbons (Fsp3) is 0.211. The molecule has 0 bridgehead atoms. The zero-order valence-electron chi connectivity index (χ0n) is 14.6. The average molecular weight is 352 g/mol. The number of urea groups is 1. The molecule has 26 heavy (non-hydrogen) atoms. The van der Waals surface area contributed by atoms with Crippen LogP contribution in [0.3, 0.4) is 0 Å². The molecule has 2 aromatic carbocycles. The standard InChI is InChI=1S/C19H20N4O3/c1-12-3-5-14(6-4-12)10-20-19(25)21-11-18(24)23-15-7-8-17-16(9-15)22-13(2)26-17/h3-9H,10-11H2,1-2H3,(H,23,24)(H2,20,21,25). The summed E-state index contributed by atoms with van der Waals surface area (Å²) in [6, 6.07) is 12.7. The van der Waals surface area contributed by atoms with Gasteiger partial charge in [-0.15, -0.1) is 0 Å². The topological polar surface area (TPSA) is 96.3 Å². The third-order valence-electron chi connectivity index (χ3n) is 3.76. The van der Waals surface area contributed by atoms with Crippen LogP contribution in [0.25, 0.3) is 11.1 Å². The van der Waals surface area contributed by atoms with Crippen molar-refractivity contribution in [1.29, 1.82) is 0 Å². The quantitative estimate of drug-likeness (QED) is 0.658. The van der Waals surface area contributed by atoms with E-state index in [1.807, 2.05) is 31.2 Å². The number of nitrogens with zero attached hydrogens (tertiary/aromatic N) is 1. The molecule has 3 N–H and O–H groups in total. The van der Waals surface area contributed by atoms with Crippen molar-refractivity contribution >= 4 is 28.7 Å². The van der Waals surface area contributed by atoms with Crippen molar-refractivity contribution in [2.75, 3.05) is 11.9 Å². The predicted octanol–water partition coefficient (Wildman–Crippen LogP) is 2.88. The number of carbonyl (C=O) groups excluding carboxylic acids is 2. The lowest BCUT2D eigenvalue weighted by molar-refractivity contribution is -0.115. The molecule has 0 aliphatic heterocycles. The number of nitrogens with one attached hydrogen (secondary N) is 3. The van der Waals surface area contributed by atoms with Gasteiger partial charge in [-0.2, -0.15) is 0 Å². The molecule has 0 saturated heterocycles. The molecular formula is C19H20N4O3. The van der Waals surface area contributed by atoms with Gasteiger partial charge in [-0.3, -0.25) is 4.79 Å². The second kappa shape index (κ2) is 7.69. The van der Waals surface area contributed by atoms with Crippen molar-refractivity contribution in [3.63, 3.8) is 0 Å². The summed E-state index contributed by atoms with van der Waals surface area (Å²) in [7, 11) is 0. The molecular weight excluding hydrogens is 332 g/mol. The van der Waals surface area contributed by atoms with Crippen LogP contribution in [0.4, 0.5) is 10.5 Å². The highest BCUT2D eigenvalue weighted by atomic mass is 16.3. The van der Waals surface area contributed by atoms with E-state index in [0.717, 1.165) is 11.1 Å². The molecule has 0 atom stereocenters. The van der Waals surface area contributed by atoms with Crippen molar-refractivity contribution in [1.82, 2.24) is 15.6 Å². The lowest BCUT2D eigenvalue weighted by Gasteiger charge is -2.09. The lowest BCUT2D eigenvalue weighted by Crippen LogP contribution is -2.39. The fourth-order valence-electron chi connectivity index (χ4n) is 2.44. The Morgan fingerprint density at radius 3 is 2.58 bits per heavy atom. The van der Waals surface area contributed by atoms with Crippen LogP contribution in [0.15, 0.2) is 46.9 Å². The Hall–Kier alpha value is -3.35. The number of fused-ring (bicyclic) bond motifs is 1. The zero-order chi connectivity index (χ0) is 18.5. The number of rotatable bonds is 5. The molecule has 0 aliphatic carbocycles. The third-order valence-corrected chi connectivity index (χ3v) is 3.76. The van der Waals surface area contributed by atoms with Crippen LogP contribution in [-0.4, -0.2) is 23.5 Å². The highest BCUT2D eigenvalue weighted by Crippen LogP contribution is 2.19. The smallest absolute Gasteiger partial charge is 0.315 e. The molecule has 0 fully saturated rings. The number of benzene rings is 2. The van der Waals surface area contributed by atoms with Crippen molar-refractivity contribution in [2.24, 2.45) is 0 Å². The van der Waals surface area contributed by atoms with E-state index in [1.54, 1.807) is 25.1 Å². The second-order valence-corrected chi connectivity index (χ2v) is 5.99. The average Bonchev–Trinajstić information content (AvgIpc) is 2.99. The van der Waals surface area contributed by atoms with Gasteiger partial charge in [0.1, 0.15) is 5.52 Å². The first-order valence-corrected chi connectivity index (χ1v) is 8.24. The minimum absolute atomic E-state index is 0.129. The maximum absolute atomic E-state index is 12.0. The molecule has 3 rings (SSSR count). The first kappa shape index (κ1) is 17.5. The van der Waals surface area contributed by atoms with Gasteiger partial charge in [-0.1, -0.05) is 29.8 Å². The maximum Gasteiger partial charge on any atom is 0.315 e. The van der Waals surface area contributed by atoms with Gasteiger partial charge in [0.25, 0.3) is 0 Å². The number of anilines is 1. The van der Waals surface area contributed by atoms with Gasteiger partial charge in [0.2, 0.25) is 5.91 Å². The van der Waals surface area contributed by atoms with Gasteiger partial charge >= 0.3 is 6.03 Å². The van der Waals surface area contributed by atoms with Crippen LogP contribution >= 0.6 is 0 Å². The fourth-order valence-corrected chi connectivity index (χ4v) is 2.44. The van der Waals surface area contributed by atoms with E-state index < -0.39 is 6.03 Å². The summed E-state index contributed by atoms with van der Waals surface area (Å²) in [6.45, 7) is 4.03. The van der Waals surface area contributed by atoms with Gasteiger partial charge in [-0.25, -0.2) is 9.78 Å². The third kappa shape index (κ3) is 4.60. The van der Waals surface area contributed by atoms with E-state index in [4.69, 9.17) is 4.42 Å². The summed E-state index contributed by atoms with van der Waals surface area (Å²) in [5.74, 6) is 0.241. The summed E-state index contributed by atoms with van der Waals surface area (Å²) < 4.78 is 5.39. The number of carbonyl (C=O) groups is 2. The zero-order valence-corrected chi connectivity index (χ0v) is 14.6. The number of aryl methyl sites for hydroxylation is 2. The van der Waals surface area contributed by atoms with E-state index >= 15 is 0 Å². The monoisotopic (exact) mass is 352 g/mol. The molecule has 3 aromatic rings.